The molecule has 3 rings (SSSR count). The maximum absolute atomic E-state index is 12.3. The average molecular weight is 958 g/mol. The van der Waals surface area contributed by atoms with Gasteiger partial charge in [0.05, 0.1) is 164 Å². The minimum atomic E-state index is -0.0569. The van der Waals surface area contributed by atoms with Crippen molar-refractivity contribution in [3.63, 3.8) is 0 Å². The number of amides is 2. The van der Waals surface area contributed by atoms with Crippen LogP contribution in [0.3, 0.4) is 0 Å². The van der Waals surface area contributed by atoms with Crippen LogP contribution in [0.2, 0.25) is 0 Å². The number of thioether (sulfide) groups is 1. The van der Waals surface area contributed by atoms with Crippen LogP contribution in [0, 0.1) is 0 Å². The predicted molar refractivity (Wildman–Crippen MR) is 233 cm³/mol. The number of quaternary nitrogens is 1. The summed E-state index contributed by atoms with van der Waals surface area (Å²) >= 11 is 1.91. The number of ketones is 2. The third kappa shape index (κ3) is 31.0. The summed E-state index contributed by atoms with van der Waals surface area (Å²) in [6.07, 6.45) is 8.13. The van der Waals surface area contributed by atoms with Crippen LogP contribution in [0.5, 0.6) is 0 Å². The van der Waals surface area contributed by atoms with Gasteiger partial charge in [0.25, 0.3) is 0 Å². The number of hydrogen-bond acceptors (Lipinski definition) is 17. The summed E-state index contributed by atoms with van der Waals surface area (Å²) in [4.78, 5) is 35.8. The van der Waals surface area contributed by atoms with Gasteiger partial charge in [-0.2, -0.15) is 11.8 Å². The number of carbonyl (C=O) groups excluding carboxylic acids is 3. The molecule has 22 heteroatoms. The first kappa shape index (κ1) is 58.0. The molecule has 20 nitrogen and oxygen atoms in total. The second-order valence-corrected chi connectivity index (χ2v) is 16.2. The van der Waals surface area contributed by atoms with Crippen molar-refractivity contribution in [3.05, 3.63) is 11.9 Å². The monoisotopic (exact) mass is 956 g/mol. The molecule has 0 spiro atoms. The van der Waals surface area contributed by atoms with Crippen LogP contribution in [0.25, 0.3) is 0 Å². The number of ether oxygens (including phenoxy) is 11. The van der Waals surface area contributed by atoms with Crippen LogP contribution in [0.4, 0.5) is 4.79 Å². The highest BCUT2D eigenvalue weighted by Crippen LogP contribution is 2.33. The van der Waals surface area contributed by atoms with Crippen molar-refractivity contribution in [2.45, 2.75) is 88.3 Å². The zero-order chi connectivity index (χ0) is 44.7. The van der Waals surface area contributed by atoms with E-state index < -0.39 is 0 Å². The highest BCUT2D eigenvalue weighted by atomic mass is 35.5. The normalized spacial score (nSPS) is 16.8. The van der Waals surface area contributed by atoms with E-state index in [-0.39, 0.29) is 42.1 Å². The number of unbranched alkanes of at least 4 members (excludes halogenated alkanes) is 1. The molecule has 5 N–H and O–H groups in total. The lowest BCUT2D eigenvalue weighted by Gasteiger charge is -2.16. The third-order valence-electron chi connectivity index (χ3n) is 9.71. The zero-order valence-corrected chi connectivity index (χ0v) is 39.5. The van der Waals surface area contributed by atoms with Crippen molar-refractivity contribution in [1.82, 2.24) is 25.6 Å². The van der Waals surface area contributed by atoms with E-state index in [0.29, 0.717) is 196 Å². The molecule has 2 fully saturated rings. The molecule has 0 bridgehead atoms. The number of aromatic nitrogens is 3. The number of carbonyl (C=O) groups is 3. The Morgan fingerprint density at radius 3 is 1.62 bits per heavy atom. The number of halogens is 1. The summed E-state index contributed by atoms with van der Waals surface area (Å²) in [5, 5.41) is 14.7. The molecule has 2 aliphatic rings. The van der Waals surface area contributed by atoms with Crippen molar-refractivity contribution >= 4 is 29.4 Å². The fourth-order valence-electron chi connectivity index (χ4n) is 6.40. The molecule has 0 saturated carbocycles. The molecular weight excluding hydrogens is 880 g/mol. The van der Waals surface area contributed by atoms with Crippen LogP contribution < -0.4 is 28.8 Å². The van der Waals surface area contributed by atoms with Crippen molar-refractivity contribution < 1.29 is 84.6 Å². The van der Waals surface area contributed by atoms with Gasteiger partial charge in [-0.15, -0.1) is 5.10 Å². The van der Waals surface area contributed by atoms with Crippen molar-refractivity contribution in [1.29, 1.82) is 0 Å². The quantitative estimate of drug-likeness (QED) is 0.0475. The second kappa shape index (κ2) is 41.1. The molecule has 2 amide bonds. The first-order valence-corrected chi connectivity index (χ1v) is 23.9. The minimum Gasteiger partial charge on any atom is -1.00 e. The molecule has 0 radical (unpaired) electrons. The Morgan fingerprint density at radius 1 is 0.594 bits per heavy atom. The van der Waals surface area contributed by atoms with Crippen LogP contribution in [0.1, 0.15) is 63.5 Å². The van der Waals surface area contributed by atoms with E-state index >= 15 is 0 Å². The lowest BCUT2D eigenvalue weighted by atomic mass is 10.0. The van der Waals surface area contributed by atoms with E-state index in [0.717, 1.165) is 37.3 Å². The fourth-order valence-corrected chi connectivity index (χ4v) is 7.95. The first-order chi connectivity index (χ1) is 31.0. The topological polar surface area (TPSA) is 235 Å². The Kier molecular flexibility index (Phi) is 37.3. The number of nitrogens with zero attached hydrogens (tertiary/aromatic N) is 3. The lowest BCUT2D eigenvalue weighted by Crippen LogP contribution is -3.00. The summed E-state index contributed by atoms with van der Waals surface area (Å²) in [7, 11) is 0. The van der Waals surface area contributed by atoms with Crippen molar-refractivity contribution in [2.24, 2.45) is 0 Å². The van der Waals surface area contributed by atoms with E-state index in [1.807, 2.05) is 18.0 Å². The summed E-state index contributed by atoms with van der Waals surface area (Å²) < 4.78 is 62.3. The van der Waals surface area contributed by atoms with E-state index in [2.05, 4.69) is 26.7 Å². The SMILES string of the molecule is [Cl-].[NH3+]CCOCCOCCOCCOCCOCCCC(=O)CCOCCOCCOCCOCCOCc1cn(CCOCCCC(=O)CCCC[C@@H]2SC[C@H]3NC(=O)N[C@@H]23)nn1. The van der Waals surface area contributed by atoms with Gasteiger partial charge in [-0.3, -0.25) is 9.59 Å². The van der Waals surface area contributed by atoms with Crippen LogP contribution in [-0.4, -0.2) is 201 Å². The number of rotatable bonds is 47. The van der Waals surface area contributed by atoms with Gasteiger partial charge >= 0.3 is 6.03 Å². The zero-order valence-electron chi connectivity index (χ0n) is 37.9. The lowest BCUT2D eigenvalue weighted by molar-refractivity contribution is -0.374. The Morgan fingerprint density at radius 2 is 1.06 bits per heavy atom. The third-order valence-corrected chi connectivity index (χ3v) is 11.2. The number of nitrogens with one attached hydrogen (secondary N) is 2. The Labute approximate surface area is 389 Å². The summed E-state index contributed by atoms with van der Waals surface area (Å²) in [5.41, 5.74) is 4.44. The minimum absolute atomic E-state index is 0. The van der Waals surface area contributed by atoms with Gasteiger partial charge in [0.1, 0.15) is 17.3 Å². The molecule has 2 aliphatic heterocycles. The number of hydrogen-bond donors (Lipinski definition) is 3. The van der Waals surface area contributed by atoms with E-state index in [4.69, 9.17) is 52.1 Å². The van der Waals surface area contributed by atoms with Gasteiger partial charge in [-0.25, -0.2) is 9.48 Å². The summed E-state index contributed by atoms with van der Waals surface area (Å²) in [6, 6.07) is 0.417. The van der Waals surface area contributed by atoms with Gasteiger partial charge in [0.15, 0.2) is 0 Å². The Bertz CT molecular complexity index is 1300. The standard InChI is InChI=1S/C42H76N6O14S.ClH/c43-10-15-55-19-22-58-25-28-59-26-23-56-20-17-53-13-4-7-38(50)9-14-54-18-21-57-24-27-60-29-30-61-31-32-62-34-36-33-48(47-46-36)11-16-52-12-3-6-37(49)5-1-2-8-40-41-39(35-63-40)44-42(51)45-41;/h33,39-41H,1-32,34-35,43H2,(H2,44,45,51);1H/t39-,40+,41-;/m1./s1. The van der Waals surface area contributed by atoms with Crippen LogP contribution >= 0.6 is 11.8 Å². The molecular formula is C42H77ClN6O14S. The van der Waals surface area contributed by atoms with Crippen molar-refractivity contribution in [2.75, 3.05) is 151 Å². The highest BCUT2D eigenvalue weighted by molar-refractivity contribution is 8.00. The summed E-state index contributed by atoms with van der Waals surface area (Å²) in [6.45, 7) is 11.9. The molecule has 1 aromatic heterocycles. The molecule has 372 valence electrons. The van der Waals surface area contributed by atoms with Gasteiger partial charge in [-0.1, -0.05) is 11.6 Å². The maximum atomic E-state index is 12.3. The van der Waals surface area contributed by atoms with Crippen LogP contribution in [0.15, 0.2) is 6.20 Å². The summed E-state index contributed by atoms with van der Waals surface area (Å²) in [5.74, 6) is 1.40. The van der Waals surface area contributed by atoms with Gasteiger partial charge in [0, 0.05) is 49.9 Å². The predicted octanol–water partition coefficient (Wildman–Crippen LogP) is -1.98. The smallest absolute Gasteiger partial charge is 0.315 e. The molecule has 0 unspecified atom stereocenters. The van der Waals surface area contributed by atoms with Crippen LogP contribution in [-0.2, 0) is 74.8 Å². The largest absolute Gasteiger partial charge is 1.00 e. The number of fused-ring (bicyclic) bond motifs is 1. The molecule has 0 aromatic carbocycles. The highest BCUT2D eigenvalue weighted by Gasteiger charge is 2.42. The first-order valence-electron chi connectivity index (χ1n) is 22.8. The maximum Gasteiger partial charge on any atom is 0.315 e. The number of urea groups is 1. The van der Waals surface area contributed by atoms with Crippen molar-refractivity contribution in [3.8, 4) is 0 Å². The molecule has 2 saturated heterocycles. The molecule has 0 aliphatic carbocycles. The molecule has 3 heterocycles. The van der Waals surface area contributed by atoms with E-state index in [1.54, 1.807) is 4.68 Å². The van der Waals surface area contributed by atoms with Gasteiger partial charge in [0.2, 0.25) is 0 Å². The second-order valence-electron chi connectivity index (χ2n) is 14.9. The Hall–Kier alpha value is -2.09. The molecule has 1 aromatic rings. The van der Waals surface area contributed by atoms with E-state index in [9.17, 15) is 14.4 Å². The average Bonchev–Trinajstić information content (AvgIpc) is 4.00. The van der Waals surface area contributed by atoms with Gasteiger partial charge < -0.3 is 80.9 Å². The number of Topliss-reactive ketones (excluding diaryl/α,β-unsaturated/α-hetero) is 2. The fraction of sp³-hybridized carbons (Fsp3) is 0.881. The van der Waals surface area contributed by atoms with E-state index in [1.165, 1.54) is 0 Å². The molecule has 3 atom stereocenters. The van der Waals surface area contributed by atoms with Gasteiger partial charge in [-0.05, 0) is 25.7 Å². The molecule has 64 heavy (non-hydrogen) atoms. The Balaban J connectivity index is 0.0000141.